The summed E-state index contributed by atoms with van der Waals surface area (Å²) in [5, 5.41) is 3.76. The highest BCUT2D eigenvalue weighted by Crippen LogP contribution is 2.09. The Hall–Kier alpha value is -0.860. The summed E-state index contributed by atoms with van der Waals surface area (Å²) in [5.41, 5.74) is 0. The fourth-order valence-electron chi connectivity index (χ4n) is 0.951. The lowest BCUT2D eigenvalue weighted by Gasteiger charge is -1.96. The molecule has 1 aliphatic heterocycles. The van der Waals surface area contributed by atoms with Gasteiger partial charge in [0.2, 0.25) is 0 Å². The lowest BCUT2D eigenvalue weighted by atomic mass is 10.2. The summed E-state index contributed by atoms with van der Waals surface area (Å²) in [6, 6.07) is 0. The Balaban J connectivity index is 2.55. The first kappa shape index (κ1) is 3.03. The number of aromatic nitrogens is 3. The highest BCUT2D eigenvalue weighted by molar-refractivity contribution is 4.86. The van der Waals surface area contributed by atoms with E-state index in [0.29, 0.717) is 12.8 Å². The molecule has 1 aromatic rings. The summed E-state index contributed by atoms with van der Waals surface area (Å²) in [4.78, 5) is 3.80. The molecule has 0 bridgehead atoms. The first-order valence-electron chi connectivity index (χ1n) is 5.34. The van der Waals surface area contributed by atoms with E-state index < -0.39 is 12.9 Å². The van der Waals surface area contributed by atoms with Crippen LogP contribution < -0.4 is 0 Å². The van der Waals surface area contributed by atoms with Crippen LogP contribution in [0.15, 0.2) is 6.33 Å². The van der Waals surface area contributed by atoms with Crippen LogP contribution in [0.5, 0.6) is 0 Å². The highest BCUT2D eigenvalue weighted by Gasteiger charge is 2.06. The van der Waals surface area contributed by atoms with Gasteiger partial charge in [0.1, 0.15) is 12.2 Å². The average Bonchev–Trinajstić information content (AvgIpc) is 2.48. The maximum Gasteiger partial charge on any atom is 0.138 e. The number of aryl methyl sites for hydroxylation is 2. The van der Waals surface area contributed by atoms with Crippen molar-refractivity contribution in [1.82, 2.24) is 14.8 Å². The monoisotopic (exact) mass is 141 g/mol. The average molecular weight is 141 g/mol. The third-order valence-electron chi connectivity index (χ3n) is 1.45. The maximum atomic E-state index is 7.72. The van der Waals surface area contributed by atoms with Gasteiger partial charge in [0.25, 0.3) is 0 Å². The molecular weight excluding hydrogens is 126 g/mol. The van der Waals surface area contributed by atoms with Crippen molar-refractivity contribution in [3.63, 3.8) is 0 Å². The summed E-state index contributed by atoms with van der Waals surface area (Å²) in [6.07, 6.45) is 0.718. The van der Waals surface area contributed by atoms with Crippen molar-refractivity contribution in [2.75, 3.05) is 0 Å². The Morgan fingerprint density at radius 3 is 3.50 bits per heavy atom. The van der Waals surface area contributed by atoms with Crippen LogP contribution in [0, 0.1) is 0 Å². The number of hydrogen-bond acceptors (Lipinski definition) is 2. The fraction of sp³-hybridized carbons (Fsp3) is 0.714. The fourth-order valence-corrected chi connectivity index (χ4v) is 0.951. The number of hydrogen-bond donors (Lipinski definition) is 0. The molecule has 2 rings (SSSR count). The van der Waals surface area contributed by atoms with Crippen LogP contribution >= 0.6 is 0 Å². The van der Waals surface area contributed by atoms with Crippen LogP contribution in [0.25, 0.3) is 0 Å². The quantitative estimate of drug-likeness (QED) is 0.539. The van der Waals surface area contributed by atoms with E-state index in [1.165, 1.54) is 6.33 Å². The summed E-state index contributed by atoms with van der Waals surface area (Å²) in [6.45, 7) is -1.62. The van der Waals surface area contributed by atoms with Gasteiger partial charge in [-0.1, -0.05) is 6.42 Å². The predicted molar refractivity (Wildman–Crippen MR) is 37.6 cm³/mol. The molecule has 0 saturated heterocycles. The Bertz CT molecular complexity index is 316. The summed E-state index contributed by atoms with van der Waals surface area (Å²) in [5.74, 6) is 0.0972. The molecule has 0 spiro atoms. The van der Waals surface area contributed by atoms with E-state index in [0.717, 1.165) is 4.68 Å². The predicted octanol–water partition coefficient (Wildman–Crippen LogP) is 1.00. The maximum absolute atomic E-state index is 7.72. The van der Waals surface area contributed by atoms with Gasteiger partial charge in [-0.15, -0.1) is 0 Å². The van der Waals surface area contributed by atoms with Crippen LogP contribution in [0.4, 0.5) is 0 Å². The summed E-state index contributed by atoms with van der Waals surface area (Å²) < 4.78 is 31.9. The SMILES string of the molecule is [2H]C1([2H])CCCC([2H])([2H])n2ncnc21. The van der Waals surface area contributed by atoms with Gasteiger partial charge in [0.05, 0.1) is 2.74 Å². The molecule has 0 radical (unpaired) electrons. The van der Waals surface area contributed by atoms with E-state index in [9.17, 15) is 0 Å². The minimum absolute atomic E-state index is 0.0972. The Morgan fingerprint density at radius 1 is 1.50 bits per heavy atom. The van der Waals surface area contributed by atoms with Gasteiger partial charge in [0.15, 0.2) is 0 Å². The van der Waals surface area contributed by atoms with Gasteiger partial charge in [-0.05, 0) is 12.8 Å². The first-order valence-corrected chi connectivity index (χ1v) is 3.34. The Kier molecular flexibility index (Phi) is 0.728. The highest BCUT2D eigenvalue weighted by atomic mass is 15.3. The molecule has 0 atom stereocenters. The number of rotatable bonds is 0. The van der Waals surface area contributed by atoms with Crippen LogP contribution in [-0.2, 0) is 12.9 Å². The van der Waals surface area contributed by atoms with E-state index in [1.807, 2.05) is 0 Å². The first-order chi connectivity index (χ1) is 6.43. The molecule has 0 unspecified atom stereocenters. The molecular formula is C7H11N3. The van der Waals surface area contributed by atoms with Crippen LogP contribution in [-0.4, -0.2) is 14.8 Å². The molecule has 1 aliphatic rings. The van der Waals surface area contributed by atoms with E-state index in [-0.39, 0.29) is 12.2 Å². The van der Waals surface area contributed by atoms with Crippen LogP contribution in [0.2, 0.25) is 0 Å². The summed E-state index contributed by atoms with van der Waals surface area (Å²) >= 11 is 0. The zero-order valence-electron chi connectivity index (χ0n) is 9.54. The van der Waals surface area contributed by atoms with Crippen LogP contribution in [0.1, 0.15) is 30.6 Å². The second-order valence-electron chi connectivity index (χ2n) is 2.18. The lowest BCUT2D eigenvalue weighted by Crippen LogP contribution is -2.01. The van der Waals surface area contributed by atoms with Gasteiger partial charge in [-0.2, -0.15) is 5.10 Å². The lowest BCUT2D eigenvalue weighted by molar-refractivity contribution is 0.575. The Morgan fingerprint density at radius 2 is 2.50 bits per heavy atom. The van der Waals surface area contributed by atoms with Gasteiger partial charge >= 0.3 is 0 Å². The van der Waals surface area contributed by atoms with Crippen molar-refractivity contribution in [3.05, 3.63) is 12.2 Å². The number of fused-ring (bicyclic) bond motifs is 1. The van der Waals surface area contributed by atoms with Gasteiger partial charge < -0.3 is 0 Å². The molecule has 0 amide bonds. The zero-order valence-corrected chi connectivity index (χ0v) is 5.54. The van der Waals surface area contributed by atoms with Gasteiger partial charge in [-0.3, -0.25) is 4.68 Å². The van der Waals surface area contributed by atoms with Crippen molar-refractivity contribution in [2.24, 2.45) is 0 Å². The molecule has 10 heavy (non-hydrogen) atoms. The summed E-state index contributed by atoms with van der Waals surface area (Å²) in [7, 11) is 0. The number of nitrogens with zero attached hydrogens (tertiary/aromatic N) is 3. The zero-order chi connectivity index (χ0) is 10.4. The van der Waals surface area contributed by atoms with Crippen molar-refractivity contribution in [1.29, 1.82) is 0 Å². The third-order valence-corrected chi connectivity index (χ3v) is 1.45. The molecule has 54 valence electrons. The smallest absolute Gasteiger partial charge is 0.138 e. The topological polar surface area (TPSA) is 30.7 Å². The molecule has 0 fully saturated rings. The van der Waals surface area contributed by atoms with Gasteiger partial charge in [-0.25, -0.2) is 4.98 Å². The molecule has 0 N–H and O–H groups in total. The van der Waals surface area contributed by atoms with E-state index in [1.54, 1.807) is 0 Å². The van der Waals surface area contributed by atoms with E-state index in [4.69, 9.17) is 5.48 Å². The second kappa shape index (κ2) is 2.40. The molecule has 3 nitrogen and oxygen atoms in total. The molecule has 3 heteroatoms. The van der Waals surface area contributed by atoms with Crippen molar-refractivity contribution >= 4 is 0 Å². The van der Waals surface area contributed by atoms with Crippen molar-refractivity contribution < 1.29 is 5.48 Å². The molecule has 1 aromatic heterocycles. The minimum atomic E-state index is -1.62. The second-order valence-corrected chi connectivity index (χ2v) is 2.18. The normalized spacial score (nSPS) is 34.0. The van der Waals surface area contributed by atoms with Crippen LogP contribution in [0.3, 0.4) is 0 Å². The standard InChI is InChI=1S/C7H11N3/c1-2-4-7-8-6-9-10(7)5-3-1/h6H,1-5H2/i4D2,5D2. The van der Waals surface area contributed by atoms with E-state index >= 15 is 0 Å². The largest absolute Gasteiger partial charge is 0.250 e. The molecule has 0 saturated carbocycles. The van der Waals surface area contributed by atoms with Crippen molar-refractivity contribution in [3.8, 4) is 0 Å². The minimum Gasteiger partial charge on any atom is -0.250 e. The molecule has 0 aliphatic carbocycles. The molecule has 0 aromatic carbocycles. The van der Waals surface area contributed by atoms with Gasteiger partial charge in [0, 0.05) is 15.6 Å². The van der Waals surface area contributed by atoms with E-state index in [2.05, 4.69) is 10.1 Å². The Labute approximate surface area is 65.7 Å². The molecule has 2 heterocycles. The van der Waals surface area contributed by atoms with Crippen molar-refractivity contribution in [2.45, 2.75) is 32.1 Å². The third kappa shape index (κ3) is 0.916.